The number of benzene rings is 1. The molecule has 0 amide bonds. The number of hydrogen-bond acceptors (Lipinski definition) is 6. The van der Waals surface area contributed by atoms with Gasteiger partial charge in [-0.05, 0) is 55.5 Å². The molecule has 0 bridgehead atoms. The molecule has 0 saturated carbocycles. The van der Waals surface area contributed by atoms with Crippen LogP contribution in [0.4, 0.5) is 0 Å². The predicted molar refractivity (Wildman–Crippen MR) is 110 cm³/mol. The minimum Gasteiger partial charge on any atom is -0.484 e. The number of rotatable bonds is 5. The quantitative estimate of drug-likeness (QED) is 0.693. The highest BCUT2D eigenvalue weighted by Gasteiger charge is 2.30. The number of likely N-dealkylation sites (tertiary alicyclic amines) is 1. The number of hydrogen-bond donors (Lipinski definition) is 2. The van der Waals surface area contributed by atoms with Gasteiger partial charge in [0.1, 0.15) is 11.9 Å². The lowest BCUT2D eigenvalue weighted by Crippen LogP contribution is -2.27. The van der Waals surface area contributed by atoms with Crippen LogP contribution in [0.5, 0.6) is 5.75 Å². The number of nitrogens with zero attached hydrogens (tertiary/aromatic N) is 4. The average molecular weight is 393 g/mol. The van der Waals surface area contributed by atoms with Gasteiger partial charge in [-0.3, -0.25) is 9.30 Å². The molecule has 1 aliphatic heterocycles. The van der Waals surface area contributed by atoms with Crippen LogP contribution in [0.2, 0.25) is 0 Å². The third-order valence-electron chi connectivity index (χ3n) is 6.21. The van der Waals surface area contributed by atoms with Gasteiger partial charge in [-0.1, -0.05) is 24.3 Å². The highest BCUT2D eigenvalue weighted by molar-refractivity contribution is 5.42. The fourth-order valence-electron chi connectivity index (χ4n) is 4.77. The molecule has 0 radical (unpaired) electrons. The van der Waals surface area contributed by atoms with Gasteiger partial charge in [-0.15, -0.1) is 10.2 Å². The minimum absolute atomic E-state index is 0.000693. The molecule has 3 N–H and O–H groups in total. The second-order valence-corrected chi connectivity index (χ2v) is 7.99. The zero-order chi connectivity index (χ0) is 19.8. The lowest BCUT2D eigenvalue weighted by Gasteiger charge is -2.30. The maximum Gasteiger partial charge on any atom is 0.161 e. The van der Waals surface area contributed by atoms with Gasteiger partial charge < -0.3 is 15.6 Å². The number of ether oxygens (including phenoxy) is 1. The van der Waals surface area contributed by atoms with E-state index in [9.17, 15) is 5.11 Å². The number of nitrogens with two attached hydrogens (primary N) is 1. The summed E-state index contributed by atoms with van der Waals surface area (Å²) in [4.78, 5) is 2.28. The average Bonchev–Trinajstić information content (AvgIpc) is 3.37. The van der Waals surface area contributed by atoms with E-state index in [0.29, 0.717) is 6.54 Å². The second kappa shape index (κ2) is 7.74. The number of pyridine rings is 1. The summed E-state index contributed by atoms with van der Waals surface area (Å²) in [6.07, 6.45) is 5.95. The number of aromatic nitrogens is 3. The lowest BCUT2D eigenvalue weighted by atomic mass is 9.86. The Balaban J connectivity index is 1.44. The Morgan fingerprint density at radius 1 is 1.07 bits per heavy atom. The Bertz CT molecular complexity index is 1000. The molecule has 152 valence electrons. The lowest BCUT2D eigenvalue weighted by molar-refractivity contribution is 0.174. The van der Waals surface area contributed by atoms with E-state index in [1.54, 1.807) is 0 Å². The maximum absolute atomic E-state index is 9.37. The van der Waals surface area contributed by atoms with E-state index in [4.69, 9.17) is 10.5 Å². The molecule has 2 aromatic heterocycles. The first kappa shape index (κ1) is 18.5. The number of β-amino-alcohol motifs (C(OH)–C–C–N with tert-alkyl or cyclic N) is 1. The van der Waals surface area contributed by atoms with Crippen LogP contribution in [0.15, 0.2) is 42.6 Å². The van der Waals surface area contributed by atoms with E-state index in [0.717, 1.165) is 49.4 Å². The molecular weight excluding hydrogens is 366 g/mol. The summed E-state index contributed by atoms with van der Waals surface area (Å²) in [7, 11) is 0. The fourth-order valence-corrected chi connectivity index (χ4v) is 4.77. The van der Waals surface area contributed by atoms with Crippen LogP contribution in [-0.2, 0) is 0 Å². The van der Waals surface area contributed by atoms with E-state index >= 15 is 0 Å². The van der Waals surface area contributed by atoms with Gasteiger partial charge in [0, 0.05) is 12.6 Å². The first-order valence-corrected chi connectivity index (χ1v) is 10.5. The van der Waals surface area contributed by atoms with E-state index < -0.39 is 0 Å². The van der Waals surface area contributed by atoms with Crippen molar-refractivity contribution < 1.29 is 9.84 Å². The van der Waals surface area contributed by atoms with E-state index in [-0.39, 0.29) is 24.8 Å². The van der Waals surface area contributed by atoms with Crippen molar-refractivity contribution in [2.75, 3.05) is 19.7 Å². The third kappa shape index (κ3) is 3.39. The highest BCUT2D eigenvalue weighted by Crippen LogP contribution is 2.38. The van der Waals surface area contributed by atoms with Crippen LogP contribution in [-0.4, -0.2) is 44.3 Å². The molecule has 1 fully saturated rings. The van der Waals surface area contributed by atoms with Gasteiger partial charge in [0.15, 0.2) is 11.5 Å². The third-order valence-corrected chi connectivity index (χ3v) is 6.21. The molecule has 3 atom stereocenters. The van der Waals surface area contributed by atoms with Gasteiger partial charge in [0.2, 0.25) is 0 Å². The number of fused-ring (bicyclic) bond motifs is 2. The standard InChI is InChI=1S/C22H27N5O2/c23-18-8-9-20(17-5-2-1-4-16(17)18)29-15-7-10-21-24-25-22(27(21)14-15)19-6-3-11-26(19)12-13-28/h1-2,4-5,7,10,14,18-20,28H,3,6,8-9,11-13,23H2/t18?,19-,20?/m0/s1. The van der Waals surface area contributed by atoms with Crippen molar-refractivity contribution >= 4 is 5.65 Å². The van der Waals surface area contributed by atoms with Crippen LogP contribution in [0.25, 0.3) is 5.65 Å². The van der Waals surface area contributed by atoms with Crippen molar-refractivity contribution in [3.63, 3.8) is 0 Å². The molecular formula is C22H27N5O2. The van der Waals surface area contributed by atoms with Crippen molar-refractivity contribution in [2.24, 2.45) is 5.73 Å². The molecule has 2 unspecified atom stereocenters. The summed E-state index contributed by atoms with van der Waals surface area (Å²) >= 11 is 0. The summed E-state index contributed by atoms with van der Waals surface area (Å²) in [6.45, 7) is 1.80. The molecule has 1 aromatic carbocycles. The summed E-state index contributed by atoms with van der Waals surface area (Å²) in [5.41, 5.74) is 9.47. The topological polar surface area (TPSA) is 88.9 Å². The summed E-state index contributed by atoms with van der Waals surface area (Å²) in [6, 6.07) is 12.5. The SMILES string of the molecule is NC1CCC(Oc2ccc3nnc([C@@H]4CCCN4CCO)n3c2)c2ccccc21. The van der Waals surface area contributed by atoms with Gasteiger partial charge in [0.05, 0.1) is 18.8 Å². The molecule has 2 aliphatic rings. The van der Waals surface area contributed by atoms with E-state index in [2.05, 4.69) is 27.2 Å². The Morgan fingerprint density at radius 3 is 2.79 bits per heavy atom. The van der Waals surface area contributed by atoms with Crippen LogP contribution in [0.3, 0.4) is 0 Å². The van der Waals surface area contributed by atoms with Crippen molar-refractivity contribution in [3.8, 4) is 5.75 Å². The fraction of sp³-hybridized carbons (Fsp3) is 0.455. The molecule has 0 spiro atoms. The van der Waals surface area contributed by atoms with Gasteiger partial charge in [0.25, 0.3) is 0 Å². The first-order valence-electron chi connectivity index (χ1n) is 10.5. The maximum atomic E-state index is 9.37. The Hall–Kier alpha value is -2.48. The molecule has 1 aliphatic carbocycles. The molecule has 7 heteroatoms. The Morgan fingerprint density at radius 2 is 1.93 bits per heavy atom. The molecule has 5 rings (SSSR count). The monoisotopic (exact) mass is 393 g/mol. The normalized spacial score (nSPS) is 24.7. The molecule has 3 heterocycles. The molecule has 29 heavy (non-hydrogen) atoms. The van der Waals surface area contributed by atoms with Crippen LogP contribution < -0.4 is 10.5 Å². The van der Waals surface area contributed by atoms with Crippen molar-refractivity contribution in [1.82, 2.24) is 19.5 Å². The zero-order valence-corrected chi connectivity index (χ0v) is 16.4. The molecule has 7 nitrogen and oxygen atoms in total. The van der Waals surface area contributed by atoms with E-state index in [1.165, 1.54) is 11.1 Å². The van der Waals surface area contributed by atoms with Crippen molar-refractivity contribution in [1.29, 1.82) is 0 Å². The van der Waals surface area contributed by atoms with Crippen molar-refractivity contribution in [2.45, 2.75) is 43.9 Å². The van der Waals surface area contributed by atoms with Crippen LogP contribution in [0.1, 0.15) is 60.8 Å². The van der Waals surface area contributed by atoms with Gasteiger partial charge in [-0.2, -0.15) is 0 Å². The largest absolute Gasteiger partial charge is 0.484 e. The Kier molecular flexibility index (Phi) is 4.95. The summed E-state index contributed by atoms with van der Waals surface area (Å²) in [5.74, 6) is 1.72. The van der Waals surface area contributed by atoms with Gasteiger partial charge in [-0.25, -0.2) is 0 Å². The van der Waals surface area contributed by atoms with Crippen molar-refractivity contribution in [3.05, 3.63) is 59.5 Å². The minimum atomic E-state index is 0.000693. The number of aliphatic hydroxyl groups is 1. The predicted octanol–water partition coefficient (Wildman–Crippen LogP) is 2.77. The molecule has 3 aromatic rings. The Labute approximate surface area is 170 Å². The summed E-state index contributed by atoms with van der Waals surface area (Å²) in [5, 5.41) is 18.2. The number of aliphatic hydroxyl groups excluding tert-OH is 1. The van der Waals surface area contributed by atoms with E-state index in [1.807, 2.05) is 34.9 Å². The van der Waals surface area contributed by atoms with Crippen LogP contribution in [0, 0.1) is 0 Å². The smallest absolute Gasteiger partial charge is 0.161 e. The van der Waals surface area contributed by atoms with Gasteiger partial charge >= 0.3 is 0 Å². The second-order valence-electron chi connectivity index (χ2n) is 7.99. The van der Waals surface area contributed by atoms with Crippen LogP contribution >= 0.6 is 0 Å². The first-order chi connectivity index (χ1) is 14.2. The molecule has 1 saturated heterocycles. The highest BCUT2D eigenvalue weighted by atomic mass is 16.5. The summed E-state index contributed by atoms with van der Waals surface area (Å²) < 4.78 is 8.45. The zero-order valence-electron chi connectivity index (χ0n) is 16.4.